The molecular weight excluding hydrogens is 331 g/mol. The zero-order valence-corrected chi connectivity index (χ0v) is 14.7. The highest BCUT2D eigenvalue weighted by atomic mass is 19.1. The van der Waals surface area contributed by atoms with Gasteiger partial charge in [0.05, 0.1) is 11.3 Å². The average Bonchev–Trinajstić information content (AvgIpc) is 2.46. The molecule has 0 saturated heterocycles. The molecule has 138 valence electrons. The first kappa shape index (κ1) is 20.6. The van der Waals surface area contributed by atoms with Crippen molar-refractivity contribution in [1.82, 2.24) is 5.32 Å². The Morgan fingerprint density at radius 3 is 2.44 bits per heavy atom. The van der Waals surface area contributed by atoms with Gasteiger partial charge in [0.1, 0.15) is 11.9 Å². The van der Waals surface area contributed by atoms with Gasteiger partial charge < -0.3 is 20.5 Å². The molecule has 0 aromatic heterocycles. The third-order valence-corrected chi connectivity index (χ3v) is 3.08. The van der Waals surface area contributed by atoms with E-state index in [4.69, 9.17) is 4.74 Å². The second kappa shape index (κ2) is 8.57. The van der Waals surface area contributed by atoms with Gasteiger partial charge in [-0.3, -0.25) is 9.59 Å². The van der Waals surface area contributed by atoms with Crippen LogP contribution in [0.5, 0.6) is 0 Å². The normalized spacial score (nSPS) is 12.4. The highest BCUT2D eigenvalue weighted by Gasteiger charge is 2.22. The van der Waals surface area contributed by atoms with E-state index >= 15 is 0 Å². The summed E-state index contributed by atoms with van der Waals surface area (Å²) in [5.74, 6) is -3.07. The van der Waals surface area contributed by atoms with Gasteiger partial charge in [-0.2, -0.15) is 0 Å². The van der Waals surface area contributed by atoms with Gasteiger partial charge in [-0.1, -0.05) is 0 Å². The largest absolute Gasteiger partial charge is 0.480 e. The highest BCUT2D eigenvalue weighted by Crippen LogP contribution is 2.16. The van der Waals surface area contributed by atoms with E-state index in [9.17, 15) is 23.9 Å². The summed E-state index contributed by atoms with van der Waals surface area (Å²) >= 11 is 0. The summed E-state index contributed by atoms with van der Waals surface area (Å²) in [5, 5.41) is 13.9. The lowest BCUT2D eigenvalue weighted by Crippen LogP contribution is -2.42. The van der Waals surface area contributed by atoms with Crippen molar-refractivity contribution in [2.24, 2.45) is 0 Å². The van der Waals surface area contributed by atoms with Crippen LogP contribution in [0.15, 0.2) is 18.2 Å². The van der Waals surface area contributed by atoms with E-state index in [0.717, 1.165) is 12.1 Å². The van der Waals surface area contributed by atoms with Crippen LogP contribution in [-0.4, -0.2) is 41.1 Å². The molecule has 0 saturated carbocycles. The molecule has 1 aromatic rings. The molecule has 8 heteroatoms. The maximum Gasteiger partial charge on any atom is 0.326 e. The smallest absolute Gasteiger partial charge is 0.326 e. The molecule has 1 aromatic carbocycles. The molecule has 3 N–H and O–H groups in total. The van der Waals surface area contributed by atoms with E-state index in [-0.39, 0.29) is 24.3 Å². The number of anilines is 1. The zero-order valence-electron chi connectivity index (χ0n) is 14.7. The van der Waals surface area contributed by atoms with Crippen LogP contribution in [0.3, 0.4) is 0 Å². The minimum absolute atomic E-state index is 0.0353. The fraction of sp³-hybridized carbons (Fsp3) is 0.471. The van der Waals surface area contributed by atoms with Crippen molar-refractivity contribution in [3.8, 4) is 0 Å². The molecule has 0 aliphatic rings. The number of carboxylic acid groups (broad SMARTS) is 1. The predicted molar refractivity (Wildman–Crippen MR) is 89.9 cm³/mol. The summed E-state index contributed by atoms with van der Waals surface area (Å²) in [4.78, 5) is 34.6. The molecule has 0 spiro atoms. The Morgan fingerprint density at radius 2 is 1.92 bits per heavy atom. The Kier molecular flexibility index (Phi) is 7.05. The van der Waals surface area contributed by atoms with E-state index in [1.807, 2.05) is 20.8 Å². The van der Waals surface area contributed by atoms with E-state index in [2.05, 4.69) is 10.6 Å². The van der Waals surface area contributed by atoms with Crippen LogP contribution in [0, 0.1) is 5.82 Å². The Balaban J connectivity index is 2.80. The third kappa shape index (κ3) is 7.30. The number of carbonyl (C=O) groups is 3. The van der Waals surface area contributed by atoms with Crippen LogP contribution in [0.4, 0.5) is 10.1 Å². The average molecular weight is 354 g/mol. The van der Waals surface area contributed by atoms with Gasteiger partial charge in [0.2, 0.25) is 5.91 Å². The summed E-state index contributed by atoms with van der Waals surface area (Å²) in [6, 6.07) is 2.24. The highest BCUT2D eigenvalue weighted by molar-refractivity contribution is 5.98. The van der Waals surface area contributed by atoms with Gasteiger partial charge in [0.25, 0.3) is 5.91 Å². The molecule has 2 amide bonds. The van der Waals surface area contributed by atoms with Crippen LogP contribution >= 0.6 is 0 Å². The molecule has 1 atom stereocenters. The van der Waals surface area contributed by atoms with Gasteiger partial charge in [-0.05, 0) is 39.0 Å². The molecule has 0 radical (unpaired) electrons. The van der Waals surface area contributed by atoms with E-state index in [1.165, 1.54) is 13.0 Å². The van der Waals surface area contributed by atoms with Gasteiger partial charge in [0, 0.05) is 25.5 Å². The Hall–Kier alpha value is -2.48. The minimum Gasteiger partial charge on any atom is -0.480 e. The number of nitrogens with one attached hydrogen (secondary N) is 2. The van der Waals surface area contributed by atoms with Gasteiger partial charge in [0.15, 0.2) is 0 Å². The predicted octanol–water partition coefficient (Wildman–Crippen LogP) is 2.17. The Labute approximate surface area is 145 Å². The summed E-state index contributed by atoms with van der Waals surface area (Å²) in [6.45, 7) is 6.87. The van der Waals surface area contributed by atoms with E-state index in [0.29, 0.717) is 0 Å². The van der Waals surface area contributed by atoms with Gasteiger partial charge in [-0.25, -0.2) is 9.18 Å². The SMILES string of the molecule is CC(=O)Nc1cc(C(=O)NC(CCOC(C)(C)C)C(=O)O)ccc1F. The quantitative estimate of drug-likeness (QED) is 0.696. The van der Waals surface area contributed by atoms with Crippen molar-refractivity contribution in [3.05, 3.63) is 29.6 Å². The second-order valence-electron chi connectivity index (χ2n) is 6.49. The number of halogens is 1. The van der Waals surface area contributed by atoms with Crippen molar-refractivity contribution in [1.29, 1.82) is 0 Å². The van der Waals surface area contributed by atoms with Crippen molar-refractivity contribution >= 4 is 23.5 Å². The Morgan fingerprint density at radius 1 is 1.28 bits per heavy atom. The number of carbonyl (C=O) groups excluding carboxylic acids is 2. The molecule has 1 rings (SSSR count). The minimum atomic E-state index is -1.20. The van der Waals surface area contributed by atoms with Crippen LogP contribution in [0.2, 0.25) is 0 Å². The molecule has 0 bridgehead atoms. The topological polar surface area (TPSA) is 105 Å². The van der Waals surface area contributed by atoms with Crippen LogP contribution in [-0.2, 0) is 14.3 Å². The number of hydrogen-bond donors (Lipinski definition) is 3. The van der Waals surface area contributed by atoms with Crippen molar-refractivity contribution in [2.75, 3.05) is 11.9 Å². The van der Waals surface area contributed by atoms with Crippen molar-refractivity contribution < 1.29 is 28.6 Å². The number of rotatable bonds is 7. The standard InChI is InChI=1S/C17H23FN2O5/c1-10(21)19-14-9-11(5-6-12(14)18)15(22)20-13(16(23)24)7-8-25-17(2,3)4/h5-6,9,13H,7-8H2,1-4H3,(H,19,21)(H,20,22)(H,23,24). The molecule has 25 heavy (non-hydrogen) atoms. The van der Waals surface area contributed by atoms with E-state index in [1.54, 1.807) is 0 Å². The first-order valence-electron chi connectivity index (χ1n) is 7.74. The van der Waals surface area contributed by atoms with Gasteiger partial charge in [-0.15, -0.1) is 0 Å². The number of carboxylic acids is 1. The zero-order chi connectivity index (χ0) is 19.2. The molecule has 0 aliphatic heterocycles. The third-order valence-electron chi connectivity index (χ3n) is 3.08. The monoisotopic (exact) mass is 354 g/mol. The molecule has 1 unspecified atom stereocenters. The fourth-order valence-electron chi connectivity index (χ4n) is 1.93. The number of hydrogen-bond acceptors (Lipinski definition) is 4. The van der Waals surface area contributed by atoms with Crippen molar-refractivity contribution in [3.63, 3.8) is 0 Å². The maximum absolute atomic E-state index is 13.6. The molecule has 7 nitrogen and oxygen atoms in total. The summed E-state index contributed by atoms with van der Waals surface area (Å²) in [7, 11) is 0. The number of ether oxygens (including phenoxy) is 1. The fourth-order valence-corrected chi connectivity index (χ4v) is 1.93. The second-order valence-corrected chi connectivity index (χ2v) is 6.49. The maximum atomic E-state index is 13.6. The Bertz CT molecular complexity index is 655. The first-order chi connectivity index (χ1) is 11.5. The summed E-state index contributed by atoms with van der Waals surface area (Å²) in [6.07, 6.45) is 0.0814. The number of amides is 2. The van der Waals surface area contributed by atoms with Crippen molar-refractivity contribution in [2.45, 2.75) is 45.8 Å². The summed E-state index contributed by atoms with van der Waals surface area (Å²) < 4.78 is 19.1. The first-order valence-corrected chi connectivity index (χ1v) is 7.74. The molecule has 0 heterocycles. The van der Waals surface area contributed by atoms with Crippen LogP contribution < -0.4 is 10.6 Å². The molecular formula is C17H23FN2O5. The van der Waals surface area contributed by atoms with E-state index < -0.39 is 35.2 Å². The van der Waals surface area contributed by atoms with Crippen LogP contribution in [0.1, 0.15) is 44.5 Å². The molecule has 0 fully saturated rings. The summed E-state index contributed by atoms with van der Waals surface area (Å²) in [5.41, 5.74) is -0.534. The lowest BCUT2D eigenvalue weighted by atomic mass is 10.1. The lowest BCUT2D eigenvalue weighted by molar-refractivity contribution is -0.140. The number of aliphatic carboxylic acids is 1. The number of benzene rings is 1. The van der Waals surface area contributed by atoms with Crippen LogP contribution in [0.25, 0.3) is 0 Å². The lowest BCUT2D eigenvalue weighted by Gasteiger charge is -2.21. The molecule has 0 aliphatic carbocycles. The van der Waals surface area contributed by atoms with Gasteiger partial charge >= 0.3 is 5.97 Å².